The van der Waals surface area contributed by atoms with Gasteiger partial charge in [0.1, 0.15) is 0 Å². The van der Waals surface area contributed by atoms with E-state index in [1.807, 2.05) is 19.9 Å². The Labute approximate surface area is 175 Å². The van der Waals surface area contributed by atoms with Gasteiger partial charge in [-0.15, -0.1) is 0 Å². The molecule has 7 nitrogen and oxygen atoms in total. The summed E-state index contributed by atoms with van der Waals surface area (Å²) in [6, 6.07) is 10.4. The minimum absolute atomic E-state index is 0.190. The standard InChI is InChI=1S/C22H24N2O5S/c1-15-12-20(16(2)23(15)18-8-9-18)22(26)29-13-21(25)24(17-6-4-3-5-7-17)19-10-11-30(27,28)14-19/h3-7,10-12,18-19H,8-9,13-14H2,1-2H3/t19-/m0/s1. The zero-order valence-electron chi connectivity index (χ0n) is 16.9. The van der Waals surface area contributed by atoms with Gasteiger partial charge in [0.2, 0.25) is 0 Å². The number of amides is 1. The Balaban J connectivity index is 1.50. The van der Waals surface area contributed by atoms with Crippen molar-refractivity contribution in [1.29, 1.82) is 0 Å². The number of ether oxygens (including phenoxy) is 1. The van der Waals surface area contributed by atoms with Gasteiger partial charge in [0.05, 0.1) is 17.4 Å². The van der Waals surface area contributed by atoms with E-state index < -0.39 is 34.4 Å². The molecule has 0 bridgehead atoms. The normalized spacial score (nSPS) is 19.6. The summed E-state index contributed by atoms with van der Waals surface area (Å²) in [4.78, 5) is 27.0. The monoisotopic (exact) mass is 428 g/mol. The maximum Gasteiger partial charge on any atom is 0.340 e. The summed E-state index contributed by atoms with van der Waals surface area (Å²) < 4.78 is 31.2. The molecule has 2 heterocycles. The molecule has 8 heteroatoms. The molecule has 2 aliphatic rings. The van der Waals surface area contributed by atoms with E-state index in [0.29, 0.717) is 17.3 Å². The zero-order valence-corrected chi connectivity index (χ0v) is 17.8. The second-order valence-corrected chi connectivity index (χ2v) is 9.72. The molecule has 1 aliphatic carbocycles. The van der Waals surface area contributed by atoms with E-state index in [-0.39, 0.29) is 5.75 Å². The highest BCUT2D eigenvalue weighted by Crippen LogP contribution is 2.38. The molecule has 1 aromatic heterocycles. The number of hydrogen-bond donors (Lipinski definition) is 0. The lowest BCUT2D eigenvalue weighted by Gasteiger charge is -2.27. The predicted octanol–water partition coefficient (Wildman–Crippen LogP) is 2.94. The highest BCUT2D eigenvalue weighted by Gasteiger charge is 2.33. The molecule has 4 rings (SSSR count). The van der Waals surface area contributed by atoms with Crippen LogP contribution >= 0.6 is 0 Å². The molecule has 0 N–H and O–H groups in total. The number of carbonyl (C=O) groups is 2. The van der Waals surface area contributed by atoms with Crippen molar-refractivity contribution in [2.24, 2.45) is 0 Å². The zero-order chi connectivity index (χ0) is 21.5. The van der Waals surface area contributed by atoms with Crippen molar-refractivity contribution < 1.29 is 22.7 Å². The number of benzene rings is 1. The Hall–Kier alpha value is -2.87. The molecule has 2 aromatic rings. The lowest BCUT2D eigenvalue weighted by atomic mass is 10.2. The second kappa shape index (κ2) is 7.75. The van der Waals surface area contributed by atoms with Crippen molar-refractivity contribution in [3.05, 3.63) is 64.8 Å². The number of hydrogen-bond acceptors (Lipinski definition) is 5. The quantitative estimate of drug-likeness (QED) is 0.661. The molecule has 30 heavy (non-hydrogen) atoms. The van der Waals surface area contributed by atoms with Crippen LogP contribution in [-0.2, 0) is 19.4 Å². The summed E-state index contributed by atoms with van der Waals surface area (Å²) in [5.74, 6) is -1.22. The number of aryl methyl sites for hydroxylation is 1. The number of aromatic nitrogens is 1. The summed E-state index contributed by atoms with van der Waals surface area (Å²) in [5.41, 5.74) is 2.86. The van der Waals surface area contributed by atoms with Crippen LogP contribution in [0.4, 0.5) is 5.69 Å². The van der Waals surface area contributed by atoms with E-state index >= 15 is 0 Å². The first kappa shape index (κ1) is 20.4. The van der Waals surface area contributed by atoms with Gasteiger partial charge in [-0.3, -0.25) is 4.79 Å². The molecule has 1 atom stereocenters. The van der Waals surface area contributed by atoms with Crippen LogP contribution in [0.1, 0.15) is 40.6 Å². The predicted molar refractivity (Wildman–Crippen MR) is 113 cm³/mol. The van der Waals surface area contributed by atoms with Crippen LogP contribution in [0.25, 0.3) is 0 Å². The fourth-order valence-electron chi connectivity index (χ4n) is 3.98. The average Bonchev–Trinajstić information content (AvgIpc) is 3.41. The summed E-state index contributed by atoms with van der Waals surface area (Å²) in [5, 5.41) is 1.12. The Morgan fingerprint density at radius 2 is 1.87 bits per heavy atom. The number of carbonyl (C=O) groups excluding carboxylic acids is 2. The van der Waals surface area contributed by atoms with Gasteiger partial charge in [0, 0.05) is 28.5 Å². The summed E-state index contributed by atoms with van der Waals surface area (Å²) in [6.07, 6.45) is 3.70. The number of rotatable bonds is 6. The van der Waals surface area contributed by atoms with Crippen LogP contribution in [0.3, 0.4) is 0 Å². The van der Waals surface area contributed by atoms with E-state index in [2.05, 4.69) is 4.57 Å². The molecule has 0 saturated heterocycles. The first-order valence-electron chi connectivity index (χ1n) is 9.90. The molecule has 0 radical (unpaired) electrons. The van der Waals surface area contributed by atoms with E-state index in [0.717, 1.165) is 29.6 Å². The number of esters is 1. The van der Waals surface area contributed by atoms with Gasteiger partial charge in [-0.1, -0.05) is 18.2 Å². The molecular formula is C22H24N2O5S. The summed E-state index contributed by atoms with van der Waals surface area (Å²) in [6.45, 7) is 3.37. The Morgan fingerprint density at radius 3 is 2.47 bits per heavy atom. The van der Waals surface area contributed by atoms with Crippen LogP contribution in [0.2, 0.25) is 0 Å². The lowest BCUT2D eigenvalue weighted by Crippen LogP contribution is -2.43. The minimum atomic E-state index is -3.35. The average molecular weight is 429 g/mol. The highest BCUT2D eigenvalue weighted by molar-refractivity contribution is 7.94. The number of sulfone groups is 1. The maximum atomic E-state index is 13.0. The van der Waals surface area contributed by atoms with E-state index in [4.69, 9.17) is 4.74 Å². The molecule has 1 amide bonds. The highest BCUT2D eigenvalue weighted by atomic mass is 32.2. The minimum Gasteiger partial charge on any atom is -0.452 e. The van der Waals surface area contributed by atoms with Gasteiger partial charge in [0.25, 0.3) is 5.91 Å². The fraction of sp³-hybridized carbons (Fsp3) is 0.364. The molecule has 0 spiro atoms. The fourth-order valence-corrected chi connectivity index (χ4v) is 5.25. The van der Waals surface area contributed by atoms with Gasteiger partial charge in [-0.25, -0.2) is 13.2 Å². The third-order valence-corrected chi connectivity index (χ3v) is 6.87. The largest absolute Gasteiger partial charge is 0.452 e. The number of para-hydroxylation sites is 1. The van der Waals surface area contributed by atoms with E-state index in [9.17, 15) is 18.0 Å². The SMILES string of the molecule is Cc1cc(C(=O)OCC(=O)N(c2ccccc2)[C@H]2C=CS(=O)(=O)C2)c(C)n1C1CC1. The Kier molecular flexibility index (Phi) is 5.27. The van der Waals surface area contributed by atoms with Gasteiger partial charge in [-0.2, -0.15) is 0 Å². The molecule has 1 aromatic carbocycles. The molecule has 1 fully saturated rings. The lowest BCUT2D eigenvalue weighted by molar-refractivity contribution is -0.121. The van der Waals surface area contributed by atoms with Crippen LogP contribution in [0.15, 0.2) is 47.9 Å². The van der Waals surface area contributed by atoms with Gasteiger partial charge in [0.15, 0.2) is 16.4 Å². The smallest absolute Gasteiger partial charge is 0.340 e. The van der Waals surface area contributed by atoms with Crippen molar-refractivity contribution in [2.45, 2.75) is 38.8 Å². The Bertz CT molecular complexity index is 1110. The van der Waals surface area contributed by atoms with Gasteiger partial charge >= 0.3 is 5.97 Å². The van der Waals surface area contributed by atoms with Crippen molar-refractivity contribution in [3.63, 3.8) is 0 Å². The van der Waals surface area contributed by atoms with Crippen LogP contribution in [0.5, 0.6) is 0 Å². The topological polar surface area (TPSA) is 85.7 Å². The third kappa shape index (κ3) is 4.05. The van der Waals surface area contributed by atoms with Crippen molar-refractivity contribution in [1.82, 2.24) is 4.57 Å². The molecule has 0 unspecified atom stereocenters. The number of nitrogens with zero attached hydrogens (tertiary/aromatic N) is 2. The van der Waals surface area contributed by atoms with Crippen LogP contribution in [0, 0.1) is 13.8 Å². The summed E-state index contributed by atoms with van der Waals surface area (Å²) in [7, 11) is -3.35. The summed E-state index contributed by atoms with van der Waals surface area (Å²) >= 11 is 0. The second-order valence-electron chi connectivity index (χ2n) is 7.79. The first-order valence-corrected chi connectivity index (χ1v) is 11.6. The molecule has 1 saturated carbocycles. The molecule has 158 valence electrons. The van der Waals surface area contributed by atoms with Crippen LogP contribution < -0.4 is 4.90 Å². The Morgan fingerprint density at radius 1 is 1.17 bits per heavy atom. The van der Waals surface area contributed by atoms with Crippen molar-refractivity contribution >= 4 is 27.4 Å². The van der Waals surface area contributed by atoms with Crippen molar-refractivity contribution in [3.8, 4) is 0 Å². The van der Waals surface area contributed by atoms with Crippen molar-refractivity contribution in [2.75, 3.05) is 17.3 Å². The number of anilines is 1. The van der Waals surface area contributed by atoms with E-state index in [1.165, 1.54) is 11.0 Å². The van der Waals surface area contributed by atoms with Crippen LogP contribution in [-0.4, -0.2) is 43.3 Å². The first-order chi connectivity index (χ1) is 14.3. The van der Waals surface area contributed by atoms with Gasteiger partial charge in [-0.05, 0) is 51.0 Å². The molecule has 1 aliphatic heterocycles. The van der Waals surface area contributed by atoms with Gasteiger partial charge < -0.3 is 14.2 Å². The molecular weight excluding hydrogens is 404 g/mol. The third-order valence-electron chi connectivity index (χ3n) is 5.49. The maximum absolute atomic E-state index is 13.0. The van der Waals surface area contributed by atoms with E-state index in [1.54, 1.807) is 30.3 Å².